The summed E-state index contributed by atoms with van der Waals surface area (Å²) in [6.45, 7) is 8.53. The molecule has 5 heteroatoms. The number of amides is 1. The van der Waals surface area contributed by atoms with Crippen LogP contribution in [0.25, 0.3) is 11.1 Å². The van der Waals surface area contributed by atoms with Gasteiger partial charge in [-0.25, -0.2) is 0 Å². The Morgan fingerprint density at radius 3 is 2.59 bits per heavy atom. The lowest BCUT2D eigenvalue weighted by Crippen LogP contribution is -2.61. The van der Waals surface area contributed by atoms with Crippen molar-refractivity contribution in [1.29, 1.82) is 0 Å². The summed E-state index contributed by atoms with van der Waals surface area (Å²) in [5.41, 5.74) is 4.69. The zero-order valence-corrected chi connectivity index (χ0v) is 19.6. The number of benzene rings is 1. The van der Waals surface area contributed by atoms with Gasteiger partial charge in [0.1, 0.15) is 11.5 Å². The van der Waals surface area contributed by atoms with E-state index in [0.29, 0.717) is 12.6 Å². The van der Waals surface area contributed by atoms with E-state index in [-0.39, 0.29) is 11.4 Å². The van der Waals surface area contributed by atoms with E-state index in [4.69, 9.17) is 4.42 Å². The molecule has 0 bridgehead atoms. The van der Waals surface area contributed by atoms with Gasteiger partial charge in [0.15, 0.2) is 5.58 Å². The normalized spacial score (nSPS) is 22.3. The molecule has 2 aromatic heterocycles. The molecule has 3 aromatic rings. The van der Waals surface area contributed by atoms with E-state index in [1.54, 1.807) is 0 Å². The Labute approximate surface area is 190 Å². The van der Waals surface area contributed by atoms with Crippen molar-refractivity contribution in [1.82, 2.24) is 14.8 Å². The van der Waals surface area contributed by atoms with Crippen LogP contribution in [-0.2, 0) is 13.1 Å². The number of hydrogen-bond acceptors (Lipinski definition) is 3. The summed E-state index contributed by atoms with van der Waals surface area (Å²) >= 11 is 0. The van der Waals surface area contributed by atoms with Crippen molar-refractivity contribution in [3.63, 3.8) is 0 Å². The van der Waals surface area contributed by atoms with Gasteiger partial charge in [-0.05, 0) is 44.7 Å². The molecule has 170 valence electrons. The standard InChI is InChI=1S/C27H35N3O2/c1-19-10-8-9-11-21(19)16-30-26(31)24-15-25-23(14-20(2)32-25)29(24)18-27(30,3)17-28-22-12-6-4-5-7-13-22/h8-11,14-15,22,28H,4-7,12-13,16-18H2,1-3H3. The fourth-order valence-electron chi connectivity index (χ4n) is 5.54. The van der Waals surface area contributed by atoms with Crippen molar-refractivity contribution in [2.75, 3.05) is 6.54 Å². The molecule has 1 saturated carbocycles. The first kappa shape index (κ1) is 21.3. The molecule has 1 aliphatic heterocycles. The molecule has 32 heavy (non-hydrogen) atoms. The summed E-state index contributed by atoms with van der Waals surface area (Å²) in [4.78, 5) is 15.9. The third kappa shape index (κ3) is 3.88. The molecule has 1 aliphatic carbocycles. The number of nitrogens with zero attached hydrogens (tertiary/aromatic N) is 2. The second-order valence-electron chi connectivity index (χ2n) is 10.1. The number of carbonyl (C=O) groups excluding carboxylic acids is 1. The second-order valence-corrected chi connectivity index (χ2v) is 10.1. The quantitative estimate of drug-likeness (QED) is 0.535. The third-order valence-electron chi connectivity index (χ3n) is 7.54. The van der Waals surface area contributed by atoms with Crippen molar-refractivity contribution in [3.05, 3.63) is 59.0 Å². The molecule has 0 spiro atoms. The molecule has 1 N–H and O–H groups in total. The summed E-state index contributed by atoms with van der Waals surface area (Å²) < 4.78 is 8.05. The predicted octanol–water partition coefficient (Wildman–Crippen LogP) is 5.58. The van der Waals surface area contributed by atoms with Crippen LogP contribution in [0.2, 0.25) is 0 Å². The van der Waals surface area contributed by atoms with Gasteiger partial charge in [0.25, 0.3) is 5.91 Å². The third-order valence-corrected chi connectivity index (χ3v) is 7.54. The van der Waals surface area contributed by atoms with Crippen molar-refractivity contribution in [2.24, 2.45) is 0 Å². The molecular formula is C27H35N3O2. The predicted molar refractivity (Wildman–Crippen MR) is 128 cm³/mol. The maximum atomic E-state index is 13.8. The zero-order chi connectivity index (χ0) is 22.3. The average molecular weight is 434 g/mol. The largest absolute Gasteiger partial charge is 0.460 e. The minimum absolute atomic E-state index is 0.0914. The van der Waals surface area contributed by atoms with Gasteiger partial charge in [0, 0.05) is 37.8 Å². The van der Waals surface area contributed by atoms with Crippen LogP contribution >= 0.6 is 0 Å². The number of nitrogens with one attached hydrogen (secondary N) is 1. The van der Waals surface area contributed by atoms with Gasteiger partial charge in [-0.3, -0.25) is 4.79 Å². The highest BCUT2D eigenvalue weighted by Gasteiger charge is 2.43. The topological polar surface area (TPSA) is 50.4 Å². The number of fused-ring (bicyclic) bond motifs is 3. The Hall–Kier alpha value is -2.53. The number of aromatic nitrogens is 1. The summed E-state index contributed by atoms with van der Waals surface area (Å²) in [5, 5.41) is 3.87. The van der Waals surface area contributed by atoms with Gasteiger partial charge in [-0.15, -0.1) is 0 Å². The van der Waals surface area contributed by atoms with E-state index < -0.39 is 0 Å². The Balaban J connectivity index is 1.49. The van der Waals surface area contributed by atoms with Gasteiger partial charge in [-0.2, -0.15) is 0 Å². The molecule has 5 rings (SSSR count). The first-order valence-corrected chi connectivity index (χ1v) is 12.1. The molecule has 3 heterocycles. The fraction of sp³-hybridized carbons (Fsp3) is 0.519. The van der Waals surface area contributed by atoms with Crippen LogP contribution in [0.1, 0.15) is 72.8 Å². The Kier molecular flexibility index (Phi) is 5.62. The number of carbonyl (C=O) groups is 1. The fourth-order valence-corrected chi connectivity index (χ4v) is 5.54. The van der Waals surface area contributed by atoms with Crippen LogP contribution in [0.3, 0.4) is 0 Å². The van der Waals surface area contributed by atoms with E-state index in [1.807, 2.05) is 13.0 Å². The van der Waals surface area contributed by atoms with Crippen LogP contribution in [0, 0.1) is 13.8 Å². The summed E-state index contributed by atoms with van der Waals surface area (Å²) in [6, 6.07) is 12.9. The molecule has 5 nitrogen and oxygen atoms in total. The monoisotopic (exact) mass is 433 g/mol. The lowest BCUT2D eigenvalue weighted by molar-refractivity contribution is 0.0325. The molecule has 1 amide bonds. The highest BCUT2D eigenvalue weighted by molar-refractivity contribution is 5.99. The molecule has 0 saturated heterocycles. The lowest BCUT2D eigenvalue weighted by Gasteiger charge is -2.46. The first-order valence-electron chi connectivity index (χ1n) is 12.1. The SMILES string of the molecule is Cc1cc2c(cc3n2CC(C)(CNC2CCCCCC2)N(Cc2ccccc2C)C3=O)o1. The first-order chi connectivity index (χ1) is 15.4. The van der Waals surface area contributed by atoms with Gasteiger partial charge in [-0.1, -0.05) is 49.9 Å². The summed E-state index contributed by atoms with van der Waals surface area (Å²) in [7, 11) is 0. The Morgan fingerprint density at radius 2 is 1.84 bits per heavy atom. The van der Waals surface area contributed by atoms with E-state index in [2.05, 4.69) is 59.0 Å². The zero-order valence-electron chi connectivity index (χ0n) is 19.6. The molecule has 1 aromatic carbocycles. The van der Waals surface area contributed by atoms with Gasteiger partial charge >= 0.3 is 0 Å². The van der Waals surface area contributed by atoms with Crippen molar-refractivity contribution >= 4 is 17.0 Å². The lowest BCUT2D eigenvalue weighted by atomic mass is 9.93. The minimum Gasteiger partial charge on any atom is -0.460 e. The molecular weight excluding hydrogens is 398 g/mol. The molecule has 1 fully saturated rings. The number of aryl methyl sites for hydroxylation is 2. The van der Waals surface area contributed by atoms with Crippen LogP contribution in [0.15, 0.2) is 40.8 Å². The number of rotatable bonds is 5. The van der Waals surface area contributed by atoms with E-state index >= 15 is 0 Å². The highest BCUT2D eigenvalue weighted by atomic mass is 16.3. The van der Waals surface area contributed by atoms with Crippen molar-refractivity contribution in [3.8, 4) is 0 Å². The van der Waals surface area contributed by atoms with Gasteiger partial charge in [0.05, 0.1) is 11.1 Å². The maximum absolute atomic E-state index is 13.8. The van der Waals surface area contributed by atoms with Crippen molar-refractivity contribution in [2.45, 2.75) is 84.0 Å². The van der Waals surface area contributed by atoms with Crippen LogP contribution in [0.4, 0.5) is 0 Å². The number of hydrogen-bond donors (Lipinski definition) is 1. The smallest absolute Gasteiger partial charge is 0.271 e. The van der Waals surface area contributed by atoms with Crippen molar-refractivity contribution < 1.29 is 9.21 Å². The highest BCUT2D eigenvalue weighted by Crippen LogP contribution is 2.34. The summed E-state index contributed by atoms with van der Waals surface area (Å²) in [6.07, 6.45) is 7.77. The Morgan fingerprint density at radius 1 is 1.09 bits per heavy atom. The Bertz CT molecular complexity index is 1120. The number of furan rings is 1. The summed E-state index contributed by atoms with van der Waals surface area (Å²) in [5.74, 6) is 0.979. The van der Waals surface area contributed by atoms with E-state index in [9.17, 15) is 4.79 Å². The maximum Gasteiger partial charge on any atom is 0.271 e. The van der Waals surface area contributed by atoms with Crippen LogP contribution in [0.5, 0.6) is 0 Å². The average Bonchev–Trinajstić information content (AvgIpc) is 3.15. The second kappa shape index (κ2) is 8.43. The van der Waals surface area contributed by atoms with E-state index in [0.717, 1.165) is 35.6 Å². The molecule has 1 atom stereocenters. The van der Waals surface area contributed by atoms with E-state index in [1.165, 1.54) is 49.7 Å². The van der Waals surface area contributed by atoms with Gasteiger partial charge in [0.2, 0.25) is 0 Å². The van der Waals surface area contributed by atoms with Gasteiger partial charge < -0.3 is 19.2 Å². The van der Waals surface area contributed by atoms with Crippen LogP contribution in [-0.4, -0.2) is 33.5 Å². The molecule has 1 unspecified atom stereocenters. The molecule has 0 radical (unpaired) electrons. The minimum atomic E-state index is -0.324. The molecule has 2 aliphatic rings. The van der Waals surface area contributed by atoms with Crippen LogP contribution < -0.4 is 5.32 Å².